The number of halogens is 1. The Balaban J connectivity index is 1.94. The molecule has 5 heteroatoms. The summed E-state index contributed by atoms with van der Waals surface area (Å²) >= 11 is 3.44. The highest BCUT2D eigenvalue weighted by molar-refractivity contribution is 9.08. The van der Waals surface area contributed by atoms with Crippen LogP contribution < -0.4 is 14.2 Å². The second-order valence-corrected chi connectivity index (χ2v) is 5.65. The van der Waals surface area contributed by atoms with Crippen molar-refractivity contribution in [1.82, 2.24) is 0 Å². The fraction of sp³-hybridized carbons (Fsp3) is 0.625. The maximum absolute atomic E-state index is 5.89. The molecule has 1 unspecified atom stereocenters. The van der Waals surface area contributed by atoms with Crippen LogP contribution in [0.4, 0.5) is 0 Å². The van der Waals surface area contributed by atoms with Crippen LogP contribution in [0.5, 0.6) is 17.2 Å². The van der Waals surface area contributed by atoms with E-state index in [2.05, 4.69) is 15.9 Å². The van der Waals surface area contributed by atoms with Gasteiger partial charge in [-0.2, -0.15) is 0 Å². The van der Waals surface area contributed by atoms with E-state index in [0.717, 1.165) is 30.3 Å². The maximum atomic E-state index is 5.89. The number of rotatable bonds is 8. The fourth-order valence-electron chi connectivity index (χ4n) is 2.51. The molecule has 1 heterocycles. The average molecular weight is 359 g/mol. The van der Waals surface area contributed by atoms with Crippen molar-refractivity contribution in [1.29, 1.82) is 0 Å². The highest BCUT2D eigenvalue weighted by Crippen LogP contribution is 2.39. The molecule has 0 saturated carbocycles. The molecular formula is C16H23BrO4. The molecule has 0 radical (unpaired) electrons. The van der Waals surface area contributed by atoms with E-state index >= 15 is 0 Å². The van der Waals surface area contributed by atoms with Crippen LogP contribution >= 0.6 is 15.9 Å². The molecule has 0 spiro atoms. The highest BCUT2D eigenvalue weighted by Gasteiger charge is 2.16. The quantitative estimate of drug-likeness (QED) is 0.521. The van der Waals surface area contributed by atoms with Gasteiger partial charge in [-0.25, -0.2) is 0 Å². The van der Waals surface area contributed by atoms with Crippen molar-refractivity contribution in [3.8, 4) is 17.2 Å². The molecule has 1 atom stereocenters. The van der Waals surface area contributed by atoms with E-state index in [9.17, 15) is 0 Å². The van der Waals surface area contributed by atoms with Crippen LogP contribution in [-0.2, 0) is 10.1 Å². The van der Waals surface area contributed by atoms with Crippen molar-refractivity contribution in [2.24, 2.45) is 0 Å². The number of ether oxygens (including phenoxy) is 4. The van der Waals surface area contributed by atoms with E-state index in [0.29, 0.717) is 30.0 Å². The molecule has 0 aromatic heterocycles. The first-order chi connectivity index (χ1) is 10.3. The Morgan fingerprint density at radius 2 is 1.95 bits per heavy atom. The minimum Gasteiger partial charge on any atom is -0.493 e. The van der Waals surface area contributed by atoms with Gasteiger partial charge in [-0.05, 0) is 43.4 Å². The molecule has 0 amide bonds. The van der Waals surface area contributed by atoms with E-state index < -0.39 is 0 Å². The second kappa shape index (κ2) is 8.49. The number of methoxy groups -OCH3 is 2. The molecule has 1 saturated heterocycles. The van der Waals surface area contributed by atoms with Gasteiger partial charge in [-0.15, -0.1) is 0 Å². The SMILES string of the molecule is COc1cc(CBr)cc(OC)c1OCCCC1CCCO1. The zero-order valence-corrected chi connectivity index (χ0v) is 14.3. The van der Waals surface area contributed by atoms with Crippen LogP contribution in [0.3, 0.4) is 0 Å². The summed E-state index contributed by atoms with van der Waals surface area (Å²) < 4.78 is 22.3. The summed E-state index contributed by atoms with van der Waals surface area (Å²) in [6, 6.07) is 3.93. The van der Waals surface area contributed by atoms with Gasteiger partial charge in [0.25, 0.3) is 0 Å². The summed E-state index contributed by atoms with van der Waals surface area (Å²) in [7, 11) is 3.29. The van der Waals surface area contributed by atoms with Gasteiger partial charge in [0.15, 0.2) is 11.5 Å². The molecule has 1 aliphatic rings. The minimum absolute atomic E-state index is 0.410. The van der Waals surface area contributed by atoms with Crippen molar-refractivity contribution in [3.63, 3.8) is 0 Å². The normalized spacial score (nSPS) is 17.8. The summed E-state index contributed by atoms with van der Waals surface area (Å²) in [6.07, 6.45) is 4.78. The van der Waals surface area contributed by atoms with Gasteiger partial charge in [-0.1, -0.05) is 15.9 Å². The Morgan fingerprint density at radius 3 is 2.48 bits per heavy atom. The third kappa shape index (κ3) is 4.51. The largest absolute Gasteiger partial charge is 0.493 e. The van der Waals surface area contributed by atoms with Gasteiger partial charge in [0, 0.05) is 11.9 Å². The molecule has 0 N–H and O–H groups in total. The zero-order valence-electron chi connectivity index (χ0n) is 12.7. The maximum Gasteiger partial charge on any atom is 0.203 e. The molecule has 0 bridgehead atoms. The first kappa shape index (κ1) is 16.4. The van der Waals surface area contributed by atoms with Gasteiger partial charge in [0.2, 0.25) is 5.75 Å². The third-order valence-corrected chi connectivity index (χ3v) is 4.26. The average Bonchev–Trinajstić information content (AvgIpc) is 3.04. The summed E-state index contributed by atoms with van der Waals surface area (Å²) in [5.74, 6) is 2.10. The zero-order chi connectivity index (χ0) is 15.1. The lowest BCUT2D eigenvalue weighted by Gasteiger charge is -2.16. The molecular weight excluding hydrogens is 336 g/mol. The van der Waals surface area contributed by atoms with Crippen molar-refractivity contribution in [3.05, 3.63) is 17.7 Å². The Bertz CT molecular complexity index is 419. The highest BCUT2D eigenvalue weighted by atomic mass is 79.9. The second-order valence-electron chi connectivity index (χ2n) is 5.09. The van der Waals surface area contributed by atoms with Gasteiger partial charge in [0.1, 0.15) is 0 Å². The molecule has 1 fully saturated rings. The molecule has 21 heavy (non-hydrogen) atoms. The fourth-order valence-corrected chi connectivity index (χ4v) is 2.83. The Kier molecular flexibility index (Phi) is 6.64. The van der Waals surface area contributed by atoms with Gasteiger partial charge in [0.05, 0.1) is 26.9 Å². The van der Waals surface area contributed by atoms with Crippen LogP contribution in [0.2, 0.25) is 0 Å². The standard InChI is InChI=1S/C16H23BrO4/c1-18-14-9-12(11-17)10-15(19-2)16(14)21-8-4-6-13-5-3-7-20-13/h9-10,13H,3-8,11H2,1-2H3. The smallest absolute Gasteiger partial charge is 0.203 e. The molecule has 0 aliphatic carbocycles. The van der Waals surface area contributed by atoms with Crippen molar-refractivity contribution >= 4 is 15.9 Å². The molecule has 118 valence electrons. The monoisotopic (exact) mass is 358 g/mol. The van der Waals surface area contributed by atoms with Crippen molar-refractivity contribution < 1.29 is 18.9 Å². The molecule has 4 nitrogen and oxygen atoms in total. The van der Waals surface area contributed by atoms with Crippen LogP contribution in [0.1, 0.15) is 31.2 Å². The summed E-state index contributed by atoms with van der Waals surface area (Å²) in [6.45, 7) is 1.54. The summed E-state index contributed by atoms with van der Waals surface area (Å²) in [5, 5.41) is 0.749. The number of hydrogen-bond acceptors (Lipinski definition) is 4. The number of alkyl halides is 1. The van der Waals surface area contributed by atoms with E-state index in [-0.39, 0.29) is 0 Å². The van der Waals surface area contributed by atoms with E-state index in [1.165, 1.54) is 12.8 Å². The summed E-state index contributed by atoms with van der Waals surface area (Å²) in [5.41, 5.74) is 1.09. The van der Waals surface area contributed by atoms with Gasteiger partial charge >= 0.3 is 0 Å². The lowest BCUT2D eigenvalue weighted by atomic mass is 10.1. The third-order valence-electron chi connectivity index (χ3n) is 3.62. The molecule has 2 rings (SSSR count). The molecule has 1 aliphatic heterocycles. The Labute approximate surface area is 134 Å². The predicted molar refractivity (Wildman–Crippen MR) is 85.9 cm³/mol. The van der Waals surface area contributed by atoms with Crippen molar-refractivity contribution in [2.75, 3.05) is 27.4 Å². The predicted octanol–water partition coefficient (Wildman–Crippen LogP) is 3.94. The first-order valence-electron chi connectivity index (χ1n) is 7.33. The van der Waals surface area contributed by atoms with Gasteiger partial charge in [-0.3, -0.25) is 0 Å². The van der Waals surface area contributed by atoms with Gasteiger partial charge < -0.3 is 18.9 Å². The Hall–Kier alpha value is -0.940. The van der Waals surface area contributed by atoms with E-state index in [4.69, 9.17) is 18.9 Å². The van der Waals surface area contributed by atoms with E-state index in [1.807, 2.05) is 12.1 Å². The van der Waals surface area contributed by atoms with Crippen LogP contribution in [-0.4, -0.2) is 33.5 Å². The van der Waals surface area contributed by atoms with Crippen molar-refractivity contribution in [2.45, 2.75) is 37.1 Å². The van der Waals surface area contributed by atoms with Crippen LogP contribution in [0, 0.1) is 0 Å². The van der Waals surface area contributed by atoms with E-state index in [1.54, 1.807) is 14.2 Å². The Morgan fingerprint density at radius 1 is 1.24 bits per heavy atom. The van der Waals surface area contributed by atoms with Crippen LogP contribution in [0.25, 0.3) is 0 Å². The van der Waals surface area contributed by atoms with Crippen LogP contribution in [0.15, 0.2) is 12.1 Å². The lowest BCUT2D eigenvalue weighted by Crippen LogP contribution is -2.08. The topological polar surface area (TPSA) is 36.9 Å². The molecule has 1 aromatic carbocycles. The summed E-state index contributed by atoms with van der Waals surface area (Å²) in [4.78, 5) is 0. The molecule has 1 aromatic rings. The minimum atomic E-state index is 0.410. The number of benzene rings is 1. The first-order valence-corrected chi connectivity index (χ1v) is 8.46. The number of hydrogen-bond donors (Lipinski definition) is 0. The lowest BCUT2D eigenvalue weighted by molar-refractivity contribution is 0.0978.